The number of amides is 1. The maximum absolute atomic E-state index is 12.9. The molecule has 0 unspecified atom stereocenters. The van der Waals surface area contributed by atoms with Crippen LogP contribution < -0.4 is 5.32 Å². The van der Waals surface area contributed by atoms with Gasteiger partial charge in [-0.05, 0) is 41.8 Å². The number of sulfonamides is 1. The van der Waals surface area contributed by atoms with Crippen molar-refractivity contribution >= 4 is 15.9 Å². The molecule has 0 atom stereocenters. The van der Waals surface area contributed by atoms with Crippen LogP contribution in [0.15, 0.2) is 48.8 Å². The molecule has 1 aromatic carbocycles. The van der Waals surface area contributed by atoms with E-state index in [2.05, 4.69) is 10.3 Å². The van der Waals surface area contributed by atoms with Gasteiger partial charge < -0.3 is 5.32 Å². The summed E-state index contributed by atoms with van der Waals surface area (Å²) in [4.78, 5) is 15.9. The molecule has 0 aliphatic rings. The predicted octanol–water partition coefficient (Wildman–Crippen LogP) is 1.73. The van der Waals surface area contributed by atoms with E-state index in [1.807, 2.05) is 0 Å². The second-order valence-electron chi connectivity index (χ2n) is 5.92. The molecular weight excluding hydrogens is 357 g/mol. The standard InChI is InChI=1S/C18H22FN3O3S/c1-26(24,25)22(12-8-15-2-4-17(19)5-3-15)13-9-18(23)21-14-16-6-10-20-11-7-16/h2-7,10-11H,8-9,12-14H2,1H3,(H,21,23). The van der Waals surface area contributed by atoms with Gasteiger partial charge in [0, 0.05) is 38.4 Å². The fourth-order valence-corrected chi connectivity index (χ4v) is 3.21. The molecule has 2 aromatic rings. The van der Waals surface area contributed by atoms with Crippen molar-refractivity contribution in [1.82, 2.24) is 14.6 Å². The molecule has 0 bridgehead atoms. The number of nitrogens with one attached hydrogen (secondary N) is 1. The largest absolute Gasteiger partial charge is 0.352 e. The third-order valence-electron chi connectivity index (χ3n) is 3.86. The molecule has 1 amide bonds. The molecule has 26 heavy (non-hydrogen) atoms. The van der Waals surface area contributed by atoms with E-state index in [9.17, 15) is 17.6 Å². The topological polar surface area (TPSA) is 79.4 Å². The fraction of sp³-hybridized carbons (Fsp3) is 0.333. The van der Waals surface area contributed by atoms with Crippen LogP contribution >= 0.6 is 0 Å². The van der Waals surface area contributed by atoms with Crippen molar-refractivity contribution in [2.75, 3.05) is 19.3 Å². The van der Waals surface area contributed by atoms with Gasteiger partial charge in [-0.2, -0.15) is 0 Å². The Labute approximate surface area is 153 Å². The molecule has 0 saturated carbocycles. The van der Waals surface area contributed by atoms with Crippen molar-refractivity contribution in [3.05, 3.63) is 65.7 Å². The van der Waals surface area contributed by atoms with Crippen molar-refractivity contribution in [2.24, 2.45) is 0 Å². The number of nitrogens with zero attached hydrogens (tertiary/aromatic N) is 2. The number of hydrogen-bond donors (Lipinski definition) is 1. The van der Waals surface area contributed by atoms with Gasteiger partial charge in [-0.15, -0.1) is 0 Å². The third kappa shape index (κ3) is 6.89. The normalized spacial score (nSPS) is 11.5. The van der Waals surface area contributed by atoms with Gasteiger partial charge in [0.15, 0.2) is 0 Å². The van der Waals surface area contributed by atoms with Crippen molar-refractivity contribution in [1.29, 1.82) is 0 Å². The first-order chi connectivity index (χ1) is 12.3. The lowest BCUT2D eigenvalue weighted by molar-refractivity contribution is -0.121. The summed E-state index contributed by atoms with van der Waals surface area (Å²) in [6.45, 7) is 0.708. The molecular formula is C18H22FN3O3S. The summed E-state index contributed by atoms with van der Waals surface area (Å²) in [7, 11) is -3.44. The molecule has 1 heterocycles. The van der Waals surface area contributed by atoms with Gasteiger partial charge in [0.25, 0.3) is 0 Å². The Hall–Kier alpha value is -2.32. The van der Waals surface area contributed by atoms with Gasteiger partial charge in [-0.25, -0.2) is 17.1 Å². The summed E-state index contributed by atoms with van der Waals surface area (Å²) < 4.78 is 38.0. The summed E-state index contributed by atoms with van der Waals surface area (Å²) in [6.07, 6.45) is 4.92. The summed E-state index contributed by atoms with van der Waals surface area (Å²) >= 11 is 0. The van der Waals surface area contributed by atoms with Gasteiger partial charge in [-0.1, -0.05) is 12.1 Å². The lowest BCUT2D eigenvalue weighted by atomic mass is 10.1. The number of carbonyl (C=O) groups excluding carboxylic acids is 1. The number of pyridine rings is 1. The van der Waals surface area contributed by atoms with E-state index in [-0.39, 0.29) is 31.2 Å². The van der Waals surface area contributed by atoms with Crippen LogP contribution in [-0.4, -0.2) is 43.0 Å². The molecule has 1 aromatic heterocycles. The average molecular weight is 379 g/mol. The van der Waals surface area contributed by atoms with Crippen LogP contribution in [0.2, 0.25) is 0 Å². The zero-order valence-corrected chi connectivity index (χ0v) is 15.4. The van der Waals surface area contributed by atoms with Crippen LogP contribution in [0.1, 0.15) is 17.5 Å². The maximum Gasteiger partial charge on any atom is 0.221 e. The van der Waals surface area contributed by atoms with Crippen LogP contribution in [0.25, 0.3) is 0 Å². The van der Waals surface area contributed by atoms with Crippen molar-refractivity contribution in [3.63, 3.8) is 0 Å². The number of halogens is 1. The van der Waals surface area contributed by atoms with Crippen molar-refractivity contribution < 1.29 is 17.6 Å². The monoisotopic (exact) mass is 379 g/mol. The first-order valence-corrected chi connectivity index (χ1v) is 10.0. The second kappa shape index (κ2) is 9.40. The smallest absolute Gasteiger partial charge is 0.221 e. The summed E-state index contributed by atoms with van der Waals surface area (Å²) in [5, 5.41) is 2.76. The molecule has 0 spiro atoms. The molecule has 1 N–H and O–H groups in total. The number of aromatic nitrogens is 1. The first-order valence-electron chi connectivity index (χ1n) is 8.20. The summed E-state index contributed by atoms with van der Waals surface area (Å²) in [5.74, 6) is -0.558. The van der Waals surface area contributed by atoms with Gasteiger partial charge in [0.1, 0.15) is 5.82 Å². The molecule has 0 radical (unpaired) electrons. The Morgan fingerprint density at radius 2 is 1.73 bits per heavy atom. The average Bonchev–Trinajstić information content (AvgIpc) is 2.61. The van der Waals surface area contributed by atoms with Gasteiger partial charge in [-0.3, -0.25) is 9.78 Å². The highest BCUT2D eigenvalue weighted by molar-refractivity contribution is 7.88. The zero-order valence-electron chi connectivity index (χ0n) is 14.6. The van der Waals surface area contributed by atoms with E-state index in [1.165, 1.54) is 16.4 Å². The van der Waals surface area contributed by atoms with Crippen LogP contribution in [-0.2, 0) is 27.8 Å². The fourth-order valence-electron chi connectivity index (χ4n) is 2.36. The van der Waals surface area contributed by atoms with E-state index < -0.39 is 10.0 Å². The Kier molecular flexibility index (Phi) is 7.23. The number of rotatable bonds is 9. The third-order valence-corrected chi connectivity index (χ3v) is 5.16. The summed E-state index contributed by atoms with van der Waals surface area (Å²) in [6, 6.07) is 9.52. The number of carbonyl (C=O) groups is 1. The molecule has 0 aliphatic heterocycles. The first kappa shape index (κ1) is 20.0. The van der Waals surface area contributed by atoms with Gasteiger partial charge in [0.05, 0.1) is 6.26 Å². The van der Waals surface area contributed by atoms with Crippen molar-refractivity contribution in [3.8, 4) is 0 Å². The Morgan fingerprint density at radius 1 is 1.08 bits per heavy atom. The van der Waals surface area contributed by atoms with E-state index >= 15 is 0 Å². The van der Waals surface area contributed by atoms with Crippen LogP contribution in [0, 0.1) is 5.82 Å². The predicted molar refractivity (Wildman–Crippen MR) is 97.2 cm³/mol. The Morgan fingerprint density at radius 3 is 2.35 bits per heavy atom. The molecule has 2 rings (SSSR count). The maximum atomic E-state index is 12.9. The SMILES string of the molecule is CS(=O)(=O)N(CCC(=O)NCc1ccncc1)CCc1ccc(F)cc1. The molecule has 0 saturated heterocycles. The van der Waals surface area contributed by atoms with E-state index in [1.54, 1.807) is 36.7 Å². The molecule has 8 heteroatoms. The second-order valence-corrected chi connectivity index (χ2v) is 7.90. The minimum Gasteiger partial charge on any atom is -0.352 e. The highest BCUT2D eigenvalue weighted by Crippen LogP contribution is 2.07. The molecule has 140 valence electrons. The lowest BCUT2D eigenvalue weighted by Crippen LogP contribution is -2.35. The molecule has 0 aliphatic carbocycles. The van der Waals surface area contributed by atoms with Crippen LogP contribution in [0.3, 0.4) is 0 Å². The summed E-state index contributed by atoms with van der Waals surface area (Å²) in [5.41, 5.74) is 1.76. The van der Waals surface area contributed by atoms with E-state index in [0.717, 1.165) is 17.4 Å². The van der Waals surface area contributed by atoms with Gasteiger partial charge in [0.2, 0.25) is 15.9 Å². The van der Waals surface area contributed by atoms with Crippen LogP contribution in [0.5, 0.6) is 0 Å². The van der Waals surface area contributed by atoms with E-state index in [0.29, 0.717) is 13.0 Å². The lowest BCUT2D eigenvalue weighted by Gasteiger charge is -2.19. The molecule has 0 fully saturated rings. The molecule has 6 nitrogen and oxygen atoms in total. The highest BCUT2D eigenvalue weighted by Gasteiger charge is 2.17. The number of hydrogen-bond acceptors (Lipinski definition) is 4. The highest BCUT2D eigenvalue weighted by atomic mass is 32.2. The van der Waals surface area contributed by atoms with E-state index in [4.69, 9.17) is 0 Å². The Bertz CT molecular complexity index is 811. The Balaban J connectivity index is 1.83. The minimum absolute atomic E-state index is 0.0710. The zero-order chi connectivity index (χ0) is 19.0. The van der Waals surface area contributed by atoms with Gasteiger partial charge >= 0.3 is 0 Å². The quantitative estimate of drug-likeness (QED) is 0.720. The van der Waals surface area contributed by atoms with Crippen LogP contribution in [0.4, 0.5) is 4.39 Å². The minimum atomic E-state index is -3.44. The number of benzene rings is 1. The van der Waals surface area contributed by atoms with Crippen molar-refractivity contribution in [2.45, 2.75) is 19.4 Å².